The maximum absolute atomic E-state index is 9.35. The first-order valence-electron chi connectivity index (χ1n) is 6.01. The van der Waals surface area contributed by atoms with Gasteiger partial charge >= 0.3 is 0 Å². The largest absolute Gasteiger partial charge is 0.215 e. The second kappa shape index (κ2) is 4.76. The monoisotopic (exact) mass is 288 g/mol. The number of hydrogen-bond donors (Lipinski definition) is 0. The van der Waals surface area contributed by atoms with Gasteiger partial charge in [0.05, 0.1) is 4.88 Å². The van der Waals surface area contributed by atoms with Crippen LogP contribution in [-0.2, 0) is 6.42 Å². The van der Waals surface area contributed by atoms with E-state index in [2.05, 4.69) is 30.0 Å². The van der Waals surface area contributed by atoms with Crippen LogP contribution < -0.4 is 0 Å². The maximum atomic E-state index is 9.35. The highest BCUT2D eigenvalue weighted by Crippen LogP contribution is 2.30. The Labute approximate surface area is 119 Å². The van der Waals surface area contributed by atoms with Crippen molar-refractivity contribution in [1.82, 2.24) is 14.6 Å². The minimum Gasteiger partial charge on any atom is -0.215 e. The molecule has 4 nitrogen and oxygen atoms in total. The van der Waals surface area contributed by atoms with E-state index in [1.54, 1.807) is 27.2 Å². The number of nitrogens with zero attached hydrogens (tertiary/aromatic N) is 4. The Morgan fingerprint density at radius 3 is 2.95 bits per heavy atom. The zero-order chi connectivity index (χ0) is 13.4. The molecule has 3 aromatic heterocycles. The molecule has 96 valence electrons. The molecule has 0 saturated carbocycles. The topological polar surface area (TPSA) is 54.0 Å². The van der Waals surface area contributed by atoms with Gasteiger partial charge in [-0.1, -0.05) is 31.3 Å². The van der Waals surface area contributed by atoms with Gasteiger partial charge in [0.2, 0.25) is 4.96 Å². The van der Waals surface area contributed by atoms with Crippen molar-refractivity contribution < 1.29 is 0 Å². The highest BCUT2D eigenvalue weighted by molar-refractivity contribution is 7.16. The summed E-state index contributed by atoms with van der Waals surface area (Å²) in [6.07, 6.45) is 0.924. The Morgan fingerprint density at radius 1 is 1.47 bits per heavy atom. The fourth-order valence-corrected chi connectivity index (χ4v) is 3.73. The molecule has 0 aliphatic rings. The smallest absolute Gasteiger partial charge is 0.214 e. The van der Waals surface area contributed by atoms with Gasteiger partial charge in [-0.25, -0.2) is 4.98 Å². The van der Waals surface area contributed by atoms with Crippen molar-refractivity contribution in [1.29, 1.82) is 5.26 Å². The number of nitriles is 1. The maximum Gasteiger partial charge on any atom is 0.214 e. The summed E-state index contributed by atoms with van der Waals surface area (Å²) in [5, 5.41) is 16.9. The predicted octanol–water partition coefficient (Wildman–Crippen LogP) is 3.59. The highest BCUT2D eigenvalue weighted by Gasteiger charge is 2.18. The highest BCUT2D eigenvalue weighted by atomic mass is 32.1. The van der Waals surface area contributed by atoms with Crippen molar-refractivity contribution in [2.75, 3.05) is 0 Å². The van der Waals surface area contributed by atoms with Crippen molar-refractivity contribution in [2.45, 2.75) is 20.3 Å². The third-order valence-electron chi connectivity index (χ3n) is 2.69. The molecule has 19 heavy (non-hydrogen) atoms. The van der Waals surface area contributed by atoms with Gasteiger partial charge in [0.25, 0.3) is 0 Å². The summed E-state index contributed by atoms with van der Waals surface area (Å²) < 4.78 is 1.68. The zero-order valence-corrected chi connectivity index (χ0v) is 12.3. The van der Waals surface area contributed by atoms with E-state index in [1.807, 2.05) is 17.5 Å². The lowest BCUT2D eigenvalue weighted by atomic mass is 10.1. The molecule has 3 heterocycles. The lowest BCUT2D eigenvalue weighted by Gasteiger charge is -1.98. The van der Waals surface area contributed by atoms with Crippen LogP contribution in [0.15, 0.2) is 17.5 Å². The summed E-state index contributed by atoms with van der Waals surface area (Å²) >= 11 is 3.16. The van der Waals surface area contributed by atoms with Crippen molar-refractivity contribution in [3.63, 3.8) is 0 Å². The van der Waals surface area contributed by atoms with Crippen molar-refractivity contribution in [3.8, 4) is 16.6 Å². The number of aromatic nitrogens is 3. The molecule has 0 atom stereocenters. The Hall–Kier alpha value is -1.71. The van der Waals surface area contributed by atoms with E-state index in [0.717, 1.165) is 27.0 Å². The summed E-state index contributed by atoms with van der Waals surface area (Å²) in [7, 11) is 0. The fourth-order valence-electron chi connectivity index (χ4n) is 1.91. The molecule has 0 aliphatic carbocycles. The van der Waals surface area contributed by atoms with Gasteiger partial charge in [0.1, 0.15) is 16.8 Å². The predicted molar refractivity (Wildman–Crippen MR) is 77.4 cm³/mol. The SMILES string of the molecule is CC(C)Cc1nn2c(C#N)c(-c3cccs3)nc2s1. The fraction of sp³-hybridized carbons (Fsp3) is 0.308. The van der Waals surface area contributed by atoms with Gasteiger partial charge in [-0.2, -0.15) is 14.9 Å². The molecule has 0 saturated heterocycles. The standard InChI is InChI=1S/C13H12N4S2/c1-8(2)6-11-16-17-9(7-14)12(15-13(17)19-11)10-4-3-5-18-10/h3-5,8H,6H2,1-2H3. The van der Waals surface area contributed by atoms with E-state index in [4.69, 9.17) is 0 Å². The molecule has 3 aromatic rings. The van der Waals surface area contributed by atoms with Crippen molar-refractivity contribution in [3.05, 3.63) is 28.2 Å². The summed E-state index contributed by atoms with van der Waals surface area (Å²) in [5.74, 6) is 0.554. The Balaban J connectivity index is 2.13. The van der Waals surface area contributed by atoms with Crippen LogP contribution in [-0.4, -0.2) is 14.6 Å². The number of thiophene rings is 1. The molecule has 0 N–H and O–H groups in total. The van der Waals surface area contributed by atoms with E-state index in [0.29, 0.717) is 11.6 Å². The van der Waals surface area contributed by atoms with E-state index < -0.39 is 0 Å². The Bertz CT molecular complexity index is 744. The van der Waals surface area contributed by atoms with E-state index in [-0.39, 0.29) is 0 Å². The quantitative estimate of drug-likeness (QED) is 0.740. The summed E-state index contributed by atoms with van der Waals surface area (Å²) in [4.78, 5) is 6.38. The third kappa shape index (κ3) is 2.15. The van der Waals surface area contributed by atoms with Gasteiger partial charge in [-0.3, -0.25) is 0 Å². The van der Waals surface area contributed by atoms with Crippen LogP contribution in [0.4, 0.5) is 0 Å². The molecule has 3 rings (SSSR count). The van der Waals surface area contributed by atoms with Crippen LogP contribution in [0.2, 0.25) is 0 Å². The average molecular weight is 288 g/mol. The van der Waals surface area contributed by atoms with Crippen LogP contribution in [0.25, 0.3) is 15.5 Å². The van der Waals surface area contributed by atoms with Gasteiger partial charge in [-0.15, -0.1) is 11.3 Å². The summed E-state index contributed by atoms with van der Waals surface area (Å²) in [6, 6.07) is 6.17. The van der Waals surface area contributed by atoms with E-state index in [1.165, 1.54) is 0 Å². The molecule has 0 aliphatic heterocycles. The second-order valence-corrected chi connectivity index (χ2v) is 6.67. The van der Waals surface area contributed by atoms with Crippen LogP contribution in [0.3, 0.4) is 0 Å². The normalized spacial score (nSPS) is 11.3. The molecule has 0 spiro atoms. The third-order valence-corrected chi connectivity index (χ3v) is 4.50. The summed E-state index contributed by atoms with van der Waals surface area (Å²) in [6.45, 7) is 4.32. The Kier molecular flexibility index (Phi) is 3.09. The van der Waals surface area contributed by atoms with E-state index >= 15 is 0 Å². The number of fused-ring (bicyclic) bond motifs is 1. The lowest BCUT2D eigenvalue weighted by Crippen LogP contribution is -1.96. The molecule has 0 radical (unpaired) electrons. The second-order valence-electron chi connectivity index (χ2n) is 4.69. The van der Waals surface area contributed by atoms with Crippen LogP contribution in [0, 0.1) is 17.2 Å². The first kappa shape index (κ1) is 12.3. The number of hydrogen-bond acceptors (Lipinski definition) is 5. The van der Waals surface area contributed by atoms with Crippen LogP contribution in [0.1, 0.15) is 24.5 Å². The zero-order valence-electron chi connectivity index (χ0n) is 10.6. The van der Waals surface area contributed by atoms with Crippen LogP contribution in [0.5, 0.6) is 0 Å². The first-order valence-corrected chi connectivity index (χ1v) is 7.71. The minimum absolute atomic E-state index is 0.531. The lowest BCUT2D eigenvalue weighted by molar-refractivity contribution is 0.636. The average Bonchev–Trinajstić information content (AvgIpc) is 3.00. The van der Waals surface area contributed by atoms with Crippen molar-refractivity contribution >= 4 is 27.6 Å². The van der Waals surface area contributed by atoms with E-state index in [9.17, 15) is 5.26 Å². The van der Waals surface area contributed by atoms with Crippen molar-refractivity contribution in [2.24, 2.45) is 5.92 Å². The van der Waals surface area contributed by atoms with Gasteiger partial charge < -0.3 is 0 Å². The van der Waals surface area contributed by atoms with Gasteiger partial charge in [0, 0.05) is 6.42 Å². The molecule has 0 aromatic carbocycles. The number of rotatable bonds is 3. The molecular formula is C13H12N4S2. The Morgan fingerprint density at radius 2 is 2.32 bits per heavy atom. The molecule has 0 bridgehead atoms. The molecule has 0 amide bonds. The molecular weight excluding hydrogens is 276 g/mol. The molecule has 0 fully saturated rings. The molecule has 0 unspecified atom stereocenters. The summed E-state index contributed by atoms with van der Waals surface area (Å²) in [5.41, 5.74) is 1.27. The van der Waals surface area contributed by atoms with Crippen LogP contribution >= 0.6 is 22.7 Å². The minimum atomic E-state index is 0.531. The first-order chi connectivity index (χ1) is 9.19. The van der Waals surface area contributed by atoms with Gasteiger partial charge in [0.15, 0.2) is 5.69 Å². The number of imidazole rings is 1. The molecule has 6 heteroatoms. The van der Waals surface area contributed by atoms with Gasteiger partial charge in [-0.05, 0) is 17.4 Å².